The topological polar surface area (TPSA) is 91.3 Å². The summed E-state index contributed by atoms with van der Waals surface area (Å²) in [5.74, 6) is -1.25. The summed E-state index contributed by atoms with van der Waals surface area (Å²) in [5, 5.41) is 16.9. The van der Waals surface area contributed by atoms with Crippen LogP contribution in [0.15, 0.2) is 5.38 Å². The molecule has 1 rings (SSSR count). The Morgan fingerprint density at radius 3 is 2.68 bits per heavy atom. The summed E-state index contributed by atoms with van der Waals surface area (Å²) in [7, 11) is 0. The third-order valence-electron chi connectivity index (χ3n) is 2.73. The van der Waals surface area contributed by atoms with Gasteiger partial charge in [0.2, 0.25) is 5.91 Å². The number of rotatable bonds is 7. The number of aryl methyl sites for hydroxylation is 1. The van der Waals surface area contributed by atoms with Crippen molar-refractivity contribution in [2.75, 3.05) is 11.9 Å². The number of hydrogen-bond donors (Lipinski definition) is 3. The first-order chi connectivity index (χ1) is 8.87. The van der Waals surface area contributed by atoms with Gasteiger partial charge in [-0.15, -0.1) is 11.3 Å². The highest BCUT2D eigenvalue weighted by Gasteiger charge is 2.31. The van der Waals surface area contributed by atoms with Gasteiger partial charge in [-0.3, -0.25) is 14.9 Å². The molecule has 1 aromatic heterocycles. The van der Waals surface area contributed by atoms with Gasteiger partial charge in [-0.2, -0.15) is 0 Å². The number of thiazole rings is 1. The van der Waals surface area contributed by atoms with E-state index in [4.69, 9.17) is 5.11 Å². The Kier molecular flexibility index (Phi) is 5.44. The van der Waals surface area contributed by atoms with E-state index in [0.29, 0.717) is 11.6 Å². The van der Waals surface area contributed by atoms with E-state index >= 15 is 0 Å². The number of aromatic nitrogens is 1. The summed E-state index contributed by atoms with van der Waals surface area (Å²) in [5.41, 5.74) is -0.236. The molecular formula is C12H19N3O3S. The van der Waals surface area contributed by atoms with Crippen molar-refractivity contribution >= 4 is 28.3 Å². The molecule has 0 bridgehead atoms. The number of carboxylic acids is 1. The van der Waals surface area contributed by atoms with Crippen molar-refractivity contribution in [3.8, 4) is 0 Å². The lowest BCUT2D eigenvalue weighted by Gasteiger charge is -2.25. The highest BCUT2D eigenvalue weighted by Crippen LogP contribution is 2.15. The Morgan fingerprint density at radius 1 is 1.53 bits per heavy atom. The smallest absolute Gasteiger partial charge is 0.323 e. The predicted octanol–water partition coefficient (Wildman–Crippen LogP) is 1.62. The summed E-state index contributed by atoms with van der Waals surface area (Å²) < 4.78 is 0. The number of carbonyl (C=O) groups is 2. The maximum atomic E-state index is 11.7. The molecule has 1 atom stereocenters. The Balaban J connectivity index is 2.50. The third kappa shape index (κ3) is 4.60. The van der Waals surface area contributed by atoms with Gasteiger partial charge >= 0.3 is 5.97 Å². The minimum atomic E-state index is -1.08. The van der Waals surface area contributed by atoms with E-state index in [0.717, 1.165) is 12.1 Å². The maximum absolute atomic E-state index is 11.7. The molecule has 106 valence electrons. The van der Waals surface area contributed by atoms with Crippen LogP contribution < -0.4 is 10.6 Å². The summed E-state index contributed by atoms with van der Waals surface area (Å²) in [6, 6.07) is 0. The molecule has 0 aliphatic heterocycles. The van der Waals surface area contributed by atoms with Crippen LogP contribution >= 0.6 is 11.3 Å². The molecule has 0 saturated heterocycles. The van der Waals surface area contributed by atoms with Gasteiger partial charge in [0.15, 0.2) is 5.13 Å². The lowest BCUT2D eigenvalue weighted by atomic mass is 9.96. The molecule has 6 nitrogen and oxygen atoms in total. The van der Waals surface area contributed by atoms with E-state index in [1.54, 1.807) is 6.92 Å². The lowest BCUT2D eigenvalue weighted by Crippen LogP contribution is -2.51. The minimum absolute atomic E-state index is 0.0541. The SMILES string of the molecule is CCCC(C)(NCC(=O)Nc1nc(C)cs1)C(=O)O. The van der Waals surface area contributed by atoms with E-state index < -0.39 is 11.5 Å². The molecule has 3 N–H and O–H groups in total. The first-order valence-electron chi connectivity index (χ1n) is 6.08. The van der Waals surface area contributed by atoms with Crippen LogP contribution in [0.2, 0.25) is 0 Å². The van der Waals surface area contributed by atoms with Crippen LogP contribution in [0.1, 0.15) is 32.4 Å². The van der Waals surface area contributed by atoms with Crippen LogP contribution in [0.4, 0.5) is 5.13 Å². The molecule has 0 aliphatic carbocycles. The Morgan fingerprint density at radius 2 is 2.21 bits per heavy atom. The van der Waals surface area contributed by atoms with E-state index in [-0.39, 0.29) is 12.5 Å². The summed E-state index contributed by atoms with van der Waals surface area (Å²) in [4.78, 5) is 27.0. The van der Waals surface area contributed by atoms with Gasteiger partial charge in [0.1, 0.15) is 5.54 Å². The Hall–Kier alpha value is -1.47. The molecule has 1 heterocycles. The first-order valence-corrected chi connectivity index (χ1v) is 6.95. The molecule has 7 heteroatoms. The second-order valence-electron chi connectivity index (χ2n) is 4.58. The average molecular weight is 285 g/mol. The monoisotopic (exact) mass is 285 g/mol. The first kappa shape index (κ1) is 15.6. The van der Waals surface area contributed by atoms with Crippen LogP contribution in [0.25, 0.3) is 0 Å². The number of aliphatic carboxylic acids is 1. The number of carboxylic acid groups (broad SMARTS) is 1. The summed E-state index contributed by atoms with van der Waals surface area (Å²) in [6.45, 7) is 5.27. The van der Waals surface area contributed by atoms with Crippen LogP contribution in [-0.4, -0.2) is 34.1 Å². The molecule has 0 aromatic carbocycles. The van der Waals surface area contributed by atoms with Crippen molar-refractivity contribution < 1.29 is 14.7 Å². The second-order valence-corrected chi connectivity index (χ2v) is 5.44. The zero-order valence-corrected chi connectivity index (χ0v) is 12.1. The molecule has 0 spiro atoms. The maximum Gasteiger partial charge on any atom is 0.323 e. The van der Waals surface area contributed by atoms with Gasteiger partial charge in [-0.05, 0) is 20.3 Å². The van der Waals surface area contributed by atoms with Gasteiger partial charge < -0.3 is 10.4 Å². The highest BCUT2D eigenvalue weighted by molar-refractivity contribution is 7.13. The predicted molar refractivity (Wildman–Crippen MR) is 74.4 cm³/mol. The van der Waals surface area contributed by atoms with Crippen molar-refractivity contribution in [3.63, 3.8) is 0 Å². The summed E-state index contributed by atoms with van der Waals surface area (Å²) >= 11 is 1.34. The number of hydrogen-bond acceptors (Lipinski definition) is 5. The number of anilines is 1. The van der Waals surface area contributed by atoms with Crippen LogP contribution in [0.5, 0.6) is 0 Å². The normalized spacial score (nSPS) is 13.8. The van der Waals surface area contributed by atoms with Crippen molar-refractivity contribution in [1.82, 2.24) is 10.3 Å². The van der Waals surface area contributed by atoms with Crippen LogP contribution in [-0.2, 0) is 9.59 Å². The van der Waals surface area contributed by atoms with Gasteiger partial charge in [0.25, 0.3) is 0 Å². The van der Waals surface area contributed by atoms with E-state index in [2.05, 4.69) is 15.6 Å². The lowest BCUT2D eigenvalue weighted by molar-refractivity contribution is -0.144. The van der Waals surface area contributed by atoms with Crippen LogP contribution in [0.3, 0.4) is 0 Å². The van der Waals surface area contributed by atoms with Crippen LogP contribution in [0, 0.1) is 6.92 Å². The highest BCUT2D eigenvalue weighted by atomic mass is 32.1. The molecule has 19 heavy (non-hydrogen) atoms. The number of nitrogens with zero attached hydrogens (tertiary/aromatic N) is 1. The van der Waals surface area contributed by atoms with Crippen molar-refractivity contribution in [2.24, 2.45) is 0 Å². The van der Waals surface area contributed by atoms with E-state index in [9.17, 15) is 9.59 Å². The average Bonchev–Trinajstić information content (AvgIpc) is 2.72. The fraction of sp³-hybridized carbons (Fsp3) is 0.583. The number of amides is 1. The zero-order valence-electron chi connectivity index (χ0n) is 11.3. The van der Waals surface area contributed by atoms with Gasteiger partial charge in [-0.25, -0.2) is 4.98 Å². The van der Waals surface area contributed by atoms with Gasteiger partial charge in [0.05, 0.1) is 12.2 Å². The molecule has 0 saturated carbocycles. The Bertz CT molecular complexity index is 461. The molecule has 1 unspecified atom stereocenters. The minimum Gasteiger partial charge on any atom is -0.480 e. The van der Waals surface area contributed by atoms with E-state index in [1.807, 2.05) is 19.2 Å². The molecule has 1 amide bonds. The molecule has 0 aliphatic rings. The second kappa shape index (κ2) is 6.63. The van der Waals surface area contributed by atoms with Crippen molar-refractivity contribution in [1.29, 1.82) is 0 Å². The van der Waals surface area contributed by atoms with Gasteiger partial charge in [-0.1, -0.05) is 13.3 Å². The zero-order chi connectivity index (χ0) is 14.5. The number of carbonyl (C=O) groups excluding carboxylic acids is 1. The Labute approximate surface area is 116 Å². The van der Waals surface area contributed by atoms with Crippen molar-refractivity contribution in [3.05, 3.63) is 11.1 Å². The largest absolute Gasteiger partial charge is 0.480 e. The third-order valence-corrected chi connectivity index (χ3v) is 3.60. The fourth-order valence-electron chi connectivity index (χ4n) is 1.62. The van der Waals surface area contributed by atoms with E-state index in [1.165, 1.54) is 11.3 Å². The van der Waals surface area contributed by atoms with Crippen molar-refractivity contribution in [2.45, 2.75) is 39.2 Å². The van der Waals surface area contributed by atoms with Gasteiger partial charge in [0, 0.05) is 5.38 Å². The molecule has 1 aromatic rings. The fourth-order valence-corrected chi connectivity index (χ4v) is 2.33. The standard InChI is InChI=1S/C12H19N3O3S/c1-4-5-12(3,10(17)18)13-6-9(16)15-11-14-8(2)7-19-11/h7,13H,4-6H2,1-3H3,(H,17,18)(H,14,15,16). The molecule has 0 fully saturated rings. The molecule has 0 radical (unpaired) electrons. The summed E-state index contributed by atoms with van der Waals surface area (Å²) in [6.07, 6.45) is 1.19. The molecular weight excluding hydrogens is 266 g/mol. The number of nitrogens with one attached hydrogen (secondary N) is 2. The quantitative estimate of drug-likeness (QED) is 0.708.